The Hall–Kier alpha value is -1.36. The Bertz CT molecular complexity index is 243. The molecule has 0 aromatic carbocycles. The van der Waals surface area contributed by atoms with E-state index in [1.807, 2.05) is 0 Å². The van der Waals surface area contributed by atoms with Gasteiger partial charge in [0.1, 0.15) is 0 Å². The monoisotopic (exact) mass is 199 g/mol. The van der Waals surface area contributed by atoms with Gasteiger partial charge in [0.15, 0.2) is 0 Å². The summed E-state index contributed by atoms with van der Waals surface area (Å²) in [4.78, 5) is 21.2. The molecular formula is C9H13NO4. The molecule has 1 heterocycles. The molecule has 1 amide bonds. The zero-order valence-corrected chi connectivity index (χ0v) is 7.73. The third kappa shape index (κ3) is 4.04. The Kier molecular flexibility index (Phi) is 4.12. The lowest BCUT2D eigenvalue weighted by atomic mass is 10.1. The van der Waals surface area contributed by atoms with Gasteiger partial charge in [-0.25, -0.2) is 4.79 Å². The second kappa shape index (κ2) is 5.39. The molecule has 0 radical (unpaired) electrons. The van der Waals surface area contributed by atoms with Crippen LogP contribution < -0.4 is 5.32 Å². The number of amides is 1. The van der Waals surface area contributed by atoms with E-state index in [9.17, 15) is 9.59 Å². The molecule has 5 nitrogen and oxygen atoms in total. The van der Waals surface area contributed by atoms with Gasteiger partial charge in [-0.1, -0.05) is 0 Å². The predicted octanol–water partition coefficient (Wildman–Crippen LogP) is -0.0776. The van der Waals surface area contributed by atoms with Gasteiger partial charge in [0.25, 0.3) is 0 Å². The van der Waals surface area contributed by atoms with E-state index >= 15 is 0 Å². The van der Waals surface area contributed by atoms with E-state index in [0.717, 1.165) is 25.0 Å². The molecule has 0 atom stereocenters. The van der Waals surface area contributed by atoms with Crippen molar-refractivity contribution in [1.29, 1.82) is 0 Å². The fourth-order valence-corrected chi connectivity index (χ4v) is 1.24. The Morgan fingerprint density at radius 2 is 1.93 bits per heavy atom. The van der Waals surface area contributed by atoms with Gasteiger partial charge in [-0.05, 0) is 12.8 Å². The summed E-state index contributed by atoms with van der Waals surface area (Å²) in [7, 11) is 0. The van der Waals surface area contributed by atoms with Gasteiger partial charge in [0.05, 0.1) is 0 Å². The summed E-state index contributed by atoms with van der Waals surface area (Å²) in [5.74, 6) is -1.48. The number of hydrogen-bond donors (Lipinski definition) is 2. The first-order chi connectivity index (χ1) is 6.68. The van der Waals surface area contributed by atoms with Gasteiger partial charge in [0, 0.05) is 31.4 Å². The van der Waals surface area contributed by atoms with Crippen LogP contribution in [0.2, 0.25) is 0 Å². The van der Waals surface area contributed by atoms with Crippen LogP contribution in [0.5, 0.6) is 0 Å². The SMILES string of the molecule is O=C(O)/C=C/C(=O)NC1CCOCC1. The molecular weight excluding hydrogens is 186 g/mol. The van der Waals surface area contributed by atoms with Crippen LogP contribution in [0.15, 0.2) is 12.2 Å². The molecule has 0 spiro atoms. The van der Waals surface area contributed by atoms with E-state index in [0.29, 0.717) is 13.2 Å². The van der Waals surface area contributed by atoms with Gasteiger partial charge in [0.2, 0.25) is 5.91 Å². The highest BCUT2D eigenvalue weighted by Gasteiger charge is 2.14. The normalized spacial score (nSPS) is 18.3. The molecule has 1 rings (SSSR count). The summed E-state index contributed by atoms with van der Waals surface area (Å²) in [6.45, 7) is 1.29. The zero-order chi connectivity index (χ0) is 10.4. The number of carboxylic acids is 1. The minimum atomic E-state index is -1.12. The van der Waals surface area contributed by atoms with E-state index in [-0.39, 0.29) is 11.9 Å². The van der Waals surface area contributed by atoms with Crippen LogP contribution in [0.4, 0.5) is 0 Å². The number of carbonyl (C=O) groups excluding carboxylic acids is 1. The topological polar surface area (TPSA) is 75.6 Å². The van der Waals surface area contributed by atoms with Crippen molar-refractivity contribution in [2.45, 2.75) is 18.9 Å². The lowest BCUT2D eigenvalue weighted by Crippen LogP contribution is -2.38. The van der Waals surface area contributed by atoms with Crippen molar-refractivity contribution < 1.29 is 19.4 Å². The molecule has 0 bridgehead atoms. The smallest absolute Gasteiger partial charge is 0.328 e. The minimum Gasteiger partial charge on any atom is -0.478 e. The van der Waals surface area contributed by atoms with Crippen molar-refractivity contribution in [2.24, 2.45) is 0 Å². The minimum absolute atomic E-state index is 0.106. The van der Waals surface area contributed by atoms with Crippen molar-refractivity contribution in [1.82, 2.24) is 5.32 Å². The summed E-state index contributed by atoms with van der Waals surface area (Å²) in [5.41, 5.74) is 0. The fourth-order valence-electron chi connectivity index (χ4n) is 1.24. The molecule has 0 unspecified atom stereocenters. The summed E-state index contributed by atoms with van der Waals surface area (Å²) >= 11 is 0. The van der Waals surface area contributed by atoms with Crippen LogP contribution in [0.25, 0.3) is 0 Å². The molecule has 2 N–H and O–H groups in total. The summed E-state index contributed by atoms with van der Waals surface area (Å²) < 4.78 is 5.12. The molecule has 1 fully saturated rings. The second-order valence-corrected chi connectivity index (χ2v) is 3.07. The number of carboxylic acid groups (broad SMARTS) is 1. The number of rotatable bonds is 3. The molecule has 14 heavy (non-hydrogen) atoms. The van der Waals surface area contributed by atoms with Crippen LogP contribution in [0.3, 0.4) is 0 Å². The second-order valence-electron chi connectivity index (χ2n) is 3.07. The highest BCUT2D eigenvalue weighted by Crippen LogP contribution is 2.05. The highest BCUT2D eigenvalue weighted by atomic mass is 16.5. The Morgan fingerprint density at radius 3 is 2.50 bits per heavy atom. The quantitative estimate of drug-likeness (QED) is 0.623. The maximum absolute atomic E-state index is 11.1. The summed E-state index contributed by atoms with van der Waals surface area (Å²) in [6.07, 6.45) is 3.42. The van der Waals surface area contributed by atoms with Crippen molar-refractivity contribution in [3.63, 3.8) is 0 Å². The Morgan fingerprint density at radius 1 is 1.29 bits per heavy atom. The van der Waals surface area contributed by atoms with Gasteiger partial charge in [-0.15, -0.1) is 0 Å². The number of hydrogen-bond acceptors (Lipinski definition) is 3. The van der Waals surface area contributed by atoms with E-state index in [4.69, 9.17) is 9.84 Å². The first-order valence-corrected chi connectivity index (χ1v) is 4.48. The Labute approximate surface area is 81.7 Å². The molecule has 1 aliphatic heterocycles. The van der Waals surface area contributed by atoms with Crippen molar-refractivity contribution in [3.8, 4) is 0 Å². The first kappa shape index (κ1) is 10.7. The third-order valence-electron chi connectivity index (χ3n) is 1.94. The number of nitrogens with one attached hydrogen (secondary N) is 1. The Balaban J connectivity index is 2.28. The van der Waals surface area contributed by atoms with Gasteiger partial charge in [-0.3, -0.25) is 4.79 Å². The van der Waals surface area contributed by atoms with Crippen molar-refractivity contribution in [3.05, 3.63) is 12.2 Å². The van der Waals surface area contributed by atoms with E-state index in [1.165, 1.54) is 0 Å². The zero-order valence-electron chi connectivity index (χ0n) is 7.73. The number of ether oxygens (including phenoxy) is 1. The van der Waals surface area contributed by atoms with Crippen molar-refractivity contribution in [2.75, 3.05) is 13.2 Å². The van der Waals surface area contributed by atoms with Crippen LogP contribution in [0.1, 0.15) is 12.8 Å². The average molecular weight is 199 g/mol. The molecule has 0 saturated carbocycles. The maximum atomic E-state index is 11.1. The van der Waals surface area contributed by atoms with Gasteiger partial charge in [-0.2, -0.15) is 0 Å². The molecule has 5 heteroatoms. The summed E-state index contributed by atoms with van der Waals surface area (Å²) in [6, 6.07) is 0.106. The molecule has 78 valence electrons. The standard InChI is InChI=1S/C9H13NO4/c11-8(1-2-9(12)13)10-7-3-5-14-6-4-7/h1-2,7H,3-6H2,(H,10,11)(H,12,13)/b2-1+. The van der Waals surface area contributed by atoms with Crippen molar-refractivity contribution >= 4 is 11.9 Å². The molecule has 1 aliphatic rings. The molecule has 0 aliphatic carbocycles. The molecule has 0 aromatic rings. The number of aliphatic carboxylic acids is 1. The number of carbonyl (C=O) groups is 2. The van der Waals surface area contributed by atoms with E-state index in [2.05, 4.69) is 5.32 Å². The third-order valence-corrected chi connectivity index (χ3v) is 1.94. The van der Waals surface area contributed by atoms with Gasteiger partial charge >= 0.3 is 5.97 Å². The maximum Gasteiger partial charge on any atom is 0.328 e. The molecule has 0 aromatic heterocycles. The van der Waals surface area contributed by atoms with E-state index in [1.54, 1.807) is 0 Å². The van der Waals surface area contributed by atoms with E-state index < -0.39 is 5.97 Å². The largest absolute Gasteiger partial charge is 0.478 e. The van der Waals surface area contributed by atoms with Crippen LogP contribution in [-0.4, -0.2) is 36.2 Å². The highest BCUT2D eigenvalue weighted by molar-refractivity contribution is 5.93. The average Bonchev–Trinajstić information content (AvgIpc) is 2.16. The molecule has 1 saturated heterocycles. The fraction of sp³-hybridized carbons (Fsp3) is 0.556. The van der Waals surface area contributed by atoms with Crippen LogP contribution in [-0.2, 0) is 14.3 Å². The summed E-state index contributed by atoms with van der Waals surface area (Å²) in [5, 5.41) is 11.0. The van der Waals surface area contributed by atoms with Gasteiger partial charge < -0.3 is 15.2 Å². The van der Waals surface area contributed by atoms with Crippen LogP contribution >= 0.6 is 0 Å². The predicted molar refractivity (Wildman–Crippen MR) is 48.8 cm³/mol. The first-order valence-electron chi connectivity index (χ1n) is 4.48. The lowest BCUT2D eigenvalue weighted by molar-refractivity contribution is -0.131. The van der Waals surface area contributed by atoms with Crippen LogP contribution in [0, 0.1) is 0 Å². The lowest BCUT2D eigenvalue weighted by Gasteiger charge is -2.22.